The lowest BCUT2D eigenvalue weighted by Crippen LogP contribution is -2.41. The summed E-state index contributed by atoms with van der Waals surface area (Å²) < 4.78 is 12.7. The smallest absolute Gasteiger partial charge is 0.227 e. The summed E-state index contributed by atoms with van der Waals surface area (Å²) in [5.74, 6) is -0.213. The molecule has 1 amide bonds. The predicted molar refractivity (Wildman–Crippen MR) is 63.9 cm³/mol. The maximum Gasteiger partial charge on any atom is 0.227 e. The second-order valence-corrected chi connectivity index (χ2v) is 4.58. The van der Waals surface area contributed by atoms with Gasteiger partial charge in [-0.3, -0.25) is 4.79 Å². The van der Waals surface area contributed by atoms with Gasteiger partial charge in [0.1, 0.15) is 5.82 Å². The van der Waals surface area contributed by atoms with Gasteiger partial charge in [0, 0.05) is 18.6 Å². The number of likely N-dealkylation sites (tertiary alicyclic amines) is 1. The molecule has 1 aromatic carbocycles. The second-order valence-electron chi connectivity index (χ2n) is 4.58. The molecule has 0 radical (unpaired) electrons. The minimum Gasteiger partial charge on any atom is -0.338 e. The zero-order chi connectivity index (χ0) is 12.4. The van der Waals surface area contributed by atoms with Crippen LogP contribution in [0.15, 0.2) is 24.3 Å². The molecule has 0 aliphatic carbocycles. The first-order valence-electron chi connectivity index (χ1n) is 5.87. The SMILES string of the molecule is CC1C(N)CCN1C(=O)Cc1ccc(F)cc1. The van der Waals surface area contributed by atoms with Crippen LogP contribution in [0.25, 0.3) is 0 Å². The lowest BCUT2D eigenvalue weighted by molar-refractivity contribution is -0.131. The largest absolute Gasteiger partial charge is 0.338 e. The van der Waals surface area contributed by atoms with E-state index in [0.29, 0.717) is 6.42 Å². The average Bonchev–Trinajstić information content (AvgIpc) is 2.63. The summed E-state index contributed by atoms with van der Waals surface area (Å²) in [5.41, 5.74) is 6.71. The van der Waals surface area contributed by atoms with E-state index < -0.39 is 0 Å². The van der Waals surface area contributed by atoms with E-state index in [1.807, 2.05) is 11.8 Å². The van der Waals surface area contributed by atoms with Gasteiger partial charge in [-0.2, -0.15) is 0 Å². The number of hydrogen-bond donors (Lipinski definition) is 1. The fraction of sp³-hybridized carbons (Fsp3) is 0.462. The van der Waals surface area contributed by atoms with E-state index in [-0.39, 0.29) is 23.8 Å². The maximum atomic E-state index is 12.7. The monoisotopic (exact) mass is 236 g/mol. The highest BCUT2D eigenvalue weighted by Crippen LogP contribution is 2.17. The molecular formula is C13H17FN2O. The number of halogens is 1. The van der Waals surface area contributed by atoms with Crippen molar-refractivity contribution in [3.8, 4) is 0 Å². The van der Waals surface area contributed by atoms with Gasteiger partial charge >= 0.3 is 0 Å². The minimum absolute atomic E-state index is 0.0667. The molecule has 2 N–H and O–H groups in total. The van der Waals surface area contributed by atoms with Crippen LogP contribution in [0.4, 0.5) is 4.39 Å². The number of rotatable bonds is 2. The molecule has 1 aromatic rings. The van der Waals surface area contributed by atoms with E-state index in [9.17, 15) is 9.18 Å². The zero-order valence-electron chi connectivity index (χ0n) is 9.90. The van der Waals surface area contributed by atoms with Crippen molar-refractivity contribution in [2.24, 2.45) is 5.73 Å². The van der Waals surface area contributed by atoms with E-state index in [1.165, 1.54) is 12.1 Å². The number of amides is 1. The summed E-state index contributed by atoms with van der Waals surface area (Å²) in [5, 5.41) is 0. The van der Waals surface area contributed by atoms with Crippen LogP contribution in [0.2, 0.25) is 0 Å². The molecule has 2 unspecified atom stereocenters. The molecule has 1 fully saturated rings. The molecule has 3 nitrogen and oxygen atoms in total. The molecular weight excluding hydrogens is 219 g/mol. The van der Waals surface area contributed by atoms with Crippen LogP contribution in [0, 0.1) is 5.82 Å². The van der Waals surface area contributed by atoms with Gasteiger partial charge in [-0.15, -0.1) is 0 Å². The van der Waals surface area contributed by atoms with Gasteiger partial charge in [0.2, 0.25) is 5.91 Å². The standard InChI is InChI=1S/C13H17FN2O/c1-9-12(15)6-7-16(9)13(17)8-10-2-4-11(14)5-3-10/h2-5,9,12H,6-8,15H2,1H3. The molecule has 0 bridgehead atoms. The van der Waals surface area contributed by atoms with Crippen LogP contribution in [-0.2, 0) is 11.2 Å². The van der Waals surface area contributed by atoms with Crippen molar-refractivity contribution in [1.29, 1.82) is 0 Å². The topological polar surface area (TPSA) is 46.3 Å². The Balaban J connectivity index is 2.00. The second kappa shape index (κ2) is 4.84. The molecule has 92 valence electrons. The summed E-state index contributed by atoms with van der Waals surface area (Å²) >= 11 is 0. The Bertz CT molecular complexity index is 404. The third-order valence-corrected chi connectivity index (χ3v) is 3.40. The highest BCUT2D eigenvalue weighted by molar-refractivity contribution is 5.79. The Morgan fingerprint density at radius 1 is 1.47 bits per heavy atom. The zero-order valence-corrected chi connectivity index (χ0v) is 9.90. The molecule has 4 heteroatoms. The third-order valence-electron chi connectivity index (χ3n) is 3.40. The van der Waals surface area contributed by atoms with E-state index in [1.54, 1.807) is 12.1 Å². The van der Waals surface area contributed by atoms with Gasteiger partial charge in [-0.1, -0.05) is 12.1 Å². The number of benzene rings is 1. The van der Waals surface area contributed by atoms with Gasteiger partial charge in [-0.05, 0) is 31.0 Å². The van der Waals surface area contributed by atoms with Gasteiger partial charge in [-0.25, -0.2) is 4.39 Å². The van der Waals surface area contributed by atoms with Gasteiger partial charge in [0.15, 0.2) is 0 Å². The van der Waals surface area contributed by atoms with Gasteiger partial charge in [0.05, 0.1) is 6.42 Å². The van der Waals surface area contributed by atoms with Crippen molar-refractivity contribution in [2.45, 2.75) is 31.8 Å². The van der Waals surface area contributed by atoms with Crippen LogP contribution in [0.3, 0.4) is 0 Å². The number of nitrogens with zero attached hydrogens (tertiary/aromatic N) is 1. The molecule has 1 aliphatic heterocycles. The maximum absolute atomic E-state index is 12.7. The highest BCUT2D eigenvalue weighted by Gasteiger charge is 2.30. The summed E-state index contributed by atoms with van der Waals surface area (Å²) in [6, 6.07) is 6.22. The van der Waals surface area contributed by atoms with Crippen LogP contribution in [-0.4, -0.2) is 29.4 Å². The van der Waals surface area contributed by atoms with Gasteiger partial charge < -0.3 is 10.6 Å². The third kappa shape index (κ3) is 2.64. The first-order chi connectivity index (χ1) is 8.08. The summed E-state index contributed by atoms with van der Waals surface area (Å²) in [6.45, 7) is 2.70. The molecule has 2 atom stereocenters. The lowest BCUT2D eigenvalue weighted by Gasteiger charge is -2.23. The normalized spacial score (nSPS) is 24.1. The molecule has 17 heavy (non-hydrogen) atoms. The molecule has 0 spiro atoms. The number of nitrogens with two attached hydrogens (primary N) is 1. The summed E-state index contributed by atoms with van der Waals surface area (Å²) in [6.07, 6.45) is 1.17. The Morgan fingerprint density at radius 2 is 2.12 bits per heavy atom. The summed E-state index contributed by atoms with van der Waals surface area (Å²) in [7, 11) is 0. The van der Waals surface area contributed by atoms with Crippen molar-refractivity contribution in [1.82, 2.24) is 4.90 Å². The Labute approximate surface area is 100 Å². The number of carbonyl (C=O) groups is 1. The fourth-order valence-corrected chi connectivity index (χ4v) is 2.19. The molecule has 1 aliphatic rings. The van der Waals surface area contributed by atoms with Crippen LogP contribution in [0.5, 0.6) is 0 Å². The van der Waals surface area contributed by atoms with Crippen LogP contribution >= 0.6 is 0 Å². The quantitative estimate of drug-likeness (QED) is 0.841. The minimum atomic E-state index is -0.280. The average molecular weight is 236 g/mol. The highest BCUT2D eigenvalue weighted by atomic mass is 19.1. The van der Waals surface area contributed by atoms with E-state index in [4.69, 9.17) is 5.73 Å². The van der Waals surface area contributed by atoms with Crippen molar-refractivity contribution >= 4 is 5.91 Å². The van der Waals surface area contributed by atoms with Crippen molar-refractivity contribution in [3.63, 3.8) is 0 Å². The van der Waals surface area contributed by atoms with Crippen molar-refractivity contribution < 1.29 is 9.18 Å². The molecule has 0 saturated carbocycles. The number of hydrogen-bond acceptors (Lipinski definition) is 2. The fourth-order valence-electron chi connectivity index (χ4n) is 2.19. The Kier molecular flexibility index (Phi) is 3.43. The molecule has 1 heterocycles. The first-order valence-corrected chi connectivity index (χ1v) is 5.87. The van der Waals surface area contributed by atoms with E-state index >= 15 is 0 Å². The van der Waals surface area contributed by atoms with Crippen molar-refractivity contribution in [3.05, 3.63) is 35.6 Å². The Hall–Kier alpha value is -1.42. The van der Waals surface area contributed by atoms with Gasteiger partial charge in [0.25, 0.3) is 0 Å². The first kappa shape index (κ1) is 12.0. The van der Waals surface area contributed by atoms with Crippen LogP contribution in [0.1, 0.15) is 18.9 Å². The van der Waals surface area contributed by atoms with E-state index in [0.717, 1.165) is 18.5 Å². The van der Waals surface area contributed by atoms with Crippen molar-refractivity contribution in [2.75, 3.05) is 6.54 Å². The molecule has 1 saturated heterocycles. The van der Waals surface area contributed by atoms with E-state index in [2.05, 4.69) is 0 Å². The lowest BCUT2D eigenvalue weighted by atomic mass is 10.1. The molecule has 0 aromatic heterocycles. The number of carbonyl (C=O) groups excluding carboxylic acids is 1. The predicted octanol–water partition coefficient (Wildman–Crippen LogP) is 1.32. The van der Waals surface area contributed by atoms with Crippen LogP contribution < -0.4 is 5.73 Å². The summed E-state index contributed by atoms with van der Waals surface area (Å²) in [4.78, 5) is 13.8. The molecule has 2 rings (SSSR count). The Morgan fingerprint density at radius 3 is 2.65 bits per heavy atom.